The van der Waals surface area contributed by atoms with Gasteiger partial charge in [-0.25, -0.2) is 9.59 Å². The highest BCUT2D eigenvalue weighted by Gasteiger charge is 2.51. The third kappa shape index (κ3) is 3.01. The van der Waals surface area contributed by atoms with Gasteiger partial charge >= 0.3 is 11.9 Å². The van der Waals surface area contributed by atoms with Crippen molar-refractivity contribution >= 4 is 34.9 Å². The first kappa shape index (κ1) is 19.7. The minimum Gasteiger partial charge on any atom is -0.467 e. The van der Waals surface area contributed by atoms with Crippen LogP contribution in [0.2, 0.25) is 5.02 Å². The first-order chi connectivity index (χ1) is 12.2. The molecule has 0 saturated heterocycles. The maximum absolute atomic E-state index is 12.6. The van der Waals surface area contributed by atoms with E-state index in [9.17, 15) is 14.4 Å². The molecule has 1 aromatic carbocycles. The van der Waals surface area contributed by atoms with Gasteiger partial charge in [0.1, 0.15) is 0 Å². The lowest BCUT2D eigenvalue weighted by Crippen LogP contribution is -2.60. The quantitative estimate of drug-likeness (QED) is 0.641. The zero-order valence-corrected chi connectivity index (χ0v) is 16.0. The van der Waals surface area contributed by atoms with Crippen LogP contribution in [0.5, 0.6) is 0 Å². The van der Waals surface area contributed by atoms with E-state index >= 15 is 0 Å². The van der Waals surface area contributed by atoms with E-state index in [1.54, 1.807) is 38.1 Å². The number of rotatable bonds is 4. The second-order valence-corrected chi connectivity index (χ2v) is 6.36. The fourth-order valence-electron chi connectivity index (χ4n) is 3.19. The molecule has 0 bridgehead atoms. The van der Waals surface area contributed by atoms with Crippen LogP contribution in [-0.4, -0.2) is 37.5 Å². The molecule has 1 unspecified atom stereocenters. The van der Waals surface area contributed by atoms with Gasteiger partial charge in [-0.2, -0.15) is 0 Å². The normalized spacial score (nSPS) is 19.8. The Morgan fingerprint density at radius 3 is 2.08 bits per heavy atom. The van der Waals surface area contributed by atoms with E-state index in [1.165, 1.54) is 21.1 Å². The molecule has 1 heterocycles. The smallest absolute Gasteiger partial charge is 0.343 e. The lowest BCUT2D eigenvalue weighted by molar-refractivity contribution is -0.150. The molecule has 6 nitrogen and oxygen atoms in total. The number of ether oxygens (including phenoxy) is 2. The monoisotopic (exact) mass is 377 g/mol. The van der Waals surface area contributed by atoms with Gasteiger partial charge in [0.25, 0.3) is 0 Å². The molecule has 7 heteroatoms. The Morgan fingerprint density at radius 2 is 1.62 bits per heavy atom. The Labute approximate surface area is 156 Å². The summed E-state index contributed by atoms with van der Waals surface area (Å²) in [5, 5.41) is 3.50. The molecular weight excluding hydrogens is 358 g/mol. The minimum atomic E-state index is -1.78. The predicted molar refractivity (Wildman–Crippen MR) is 97.3 cm³/mol. The third-order valence-electron chi connectivity index (χ3n) is 4.48. The number of hydrogen-bond donors (Lipinski definition) is 1. The Balaban J connectivity index is 2.82. The van der Waals surface area contributed by atoms with Gasteiger partial charge < -0.3 is 14.8 Å². The summed E-state index contributed by atoms with van der Waals surface area (Å²) in [4.78, 5) is 37.5. The molecule has 0 spiro atoms. The number of benzene rings is 1. The summed E-state index contributed by atoms with van der Waals surface area (Å²) in [5.74, 6) is -1.93. The molecule has 0 amide bonds. The number of methoxy groups -OCH3 is 2. The Hall–Kier alpha value is -2.60. The molecular formula is C19H20ClNO5. The first-order valence-corrected chi connectivity index (χ1v) is 8.23. The summed E-state index contributed by atoms with van der Waals surface area (Å²) in [6.07, 6.45) is 0. The topological polar surface area (TPSA) is 81.7 Å². The molecule has 0 fully saturated rings. The Morgan fingerprint density at radius 1 is 1.04 bits per heavy atom. The second-order valence-electron chi connectivity index (χ2n) is 5.92. The predicted octanol–water partition coefficient (Wildman–Crippen LogP) is 2.66. The fourth-order valence-corrected chi connectivity index (χ4v) is 3.31. The van der Waals surface area contributed by atoms with E-state index < -0.39 is 23.3 Å². The highest BCUT2D eigenvalue weighted by molar-refractivity contribution is 6.30. The largest absolute Gasteiger partial charge is 0.467 e. The van der Waals surface area contributed by atoms with Crippen molar-refractivity contribution in [2.75, 3.05) is 14.2 Å². The average molecular weight is 378 g/mol. The van der Waals surface area contributed by atoms with Gasteiger partial charge in [-0.05, 0) is 44.0 Å². The van der Waals surface area contributed by atoms with Crippen molar-refractivity contribution < 1.29 is 23.9 Å². The van der Waals surface area contributed by atoms with Crippen LogP contribution in [0.3, 0.4) is 0 Å². The van der Waals surface area contributed by atoms with Crippen LogP contribution in [0, 0.1) is 0 Å². The maximum atomic E-state index is 12.6. The van der Waals surface area contributed by atoms with Crippen LogP contribution >= 0.6 is 11.6 Å². The van der Waals surface area contributed by atoms with E-state index in [2.05, 4.69) is 5.32 Å². The highest BCUT2D eigenvalue weighted by Crippen LogP contribution is 2.39. The summed E-state index contributed by atoms with van der Waals surface area (Å²) in [7, 11) is 2.43. The Bertz CT molecular complexity index is 838. The third-order valence-corrected chi connectivity index (χ3v) is 4.73. The van der Waals surface area contributed by atoms with Crippen LogP contribution in [0.25, 0.3) is 5.57 Å². The number of hydrogen-bond acceptors (Lipinski definition) is 6. The first-order valence-electron chi connectivity index (χ1n) is 7.85. The molecule has 138 valence electrons. The van der Waals surface area contributed by atoms with Crippen LogP contribution in [0.4, 0.5) is 0 Å². The lowest BCUT2D eigenvalue weighted by Gasteiger charge is -2.38. The molecule has 26 heavy (non-hydrogen) atoms. The standard InChI is InChI=1S/C19H20ClNO5/c1-10-15(17(23)25-4)16(13-6-8-14(20)9-7-13)11(2)21-19(10,12(3)22)18(24)26-5/h6-9,21H,1-5H3. The number of allylic oxidation sites excluding steroid dienone is 1. The molecule has 0 aliphatic carbocycles. The minimum absolute atomic E-state index is 0.145. The van der Waals surface area contributed by atoms with E-state index in [4.69, 9.17) is 21.1 Å². The maximum Gasteiger partial charge on any atom is 0.343 e. The molecule has 1 N–H and O–H groups in total. The number of carbonyl (C=O) groups excluding carboxylic acids is 3. The molecule has 1 atom stereocenters. The lowest BCUT2D eigenvalue weighted by atomic mass is 9.76. The zero-order valence-electron chi connectivity index (χ0n) is 15.2. The number of nitrogens with one attached hydrogen (secondary N) is 1. The molecule has 0 aromatic heterocycles. The highest BCUT2D eigenvalue weighted by atomic mass is 35.5. The van der Waals surface area contributed by atoms with Crippen molar-refractivity contribution in [3.8, 4) is 0 Å². The molecule has 1 aliphatic heterocycles. The van der Waals surface area contributed by atoms with Crippen LogP contribution in [-0.2, 0) is 23.9 Å². The van der Waals surface area contributed by atoms with Gasteiger partial charge in [0, 0.05) is 16.3 Å². The zero-order chi connectivity index (χ0) is 19.6. The number of esters is 2. The summed E-state index contributed by atoms with van der Waals surface area (Å²) < 4.78 is 9.77. The fraction of sp³-hybridized carbons (Fsp3) is 0.316. The van der Waals surface area contributed by atoms with Crippen LogP contribution < -0.4 is 5.32 Å². The number of Topliss-reactive ketones (excluding diaryl/α,β-unsaturated/α-hetero) is 1. The summed E-state index contributed by atoms with van der Waals surface area (Å²) >= 11 is 5.95. The molecule has 1 aromatic rings. The van der Waals surface area contributed by atoms with Gasteiger partial charge in [-0.3, -0.25) is 4.79 Å². The summed E-state index contributed by atoms with van der Waals surface area (Å²) in [5.41, 5.74) is 0.288. The average Bonchev–Trinajstić information content (AvgIpc) is 2.62. The van der Waals surface area contributed by atoms with Crippen molar-refractivity contribution in [3.63, 3.8) is 0 Å². The Kier molecular flexibility index (Phi) is 5.56. The molecule has 0 radical (unpaired) electrons. The van der Waals surface area contributed by atoms with E-state index in [0.29, 0.717) is 21.9 Å². The van der Waals surface area contributed by atoms with E-state index in [-0.39, 0.29) is 11.1 Å². The van der Waals surface area contributed by atoms with Gasteiger partial charge in [-0.15, -0.1) is 0 Å². The van der Waals surface area contributed by atoms with Crippen molar-refractivity contribution in [2.45, 2.75) is 26.3 Å². The van der Waals surface area contributed by atoms with E-state index in [1.807, 2.05) is 0 Å². The van der Waals surface area contributed by atoms with E-state index in [0.717, 1.165) is 0 Å². The number of halogens is 1. The number of ketones is 1. The van der Waals surface area contributed by atoms with Gasteiger partial charge in [0.05, 0.1) is 19.8 Å². The van der Waals surface area contributed by atoms with Gasteiger partial charge in [0.15, 0.2) is 5.78 Å². The van der Waals surface area contributed by atoms with Crippen molar-refractivity contribution in [3.05, 3.63) is 51.7 Å². The SMILES string of the molecule is COC(=O)C1=C(C)C(C(C)=O)(C(=O)OC)NC(C)=C1c1ccc(Cl)cc1. The summed E-state index contributed by atoms with van der Waals surface area (Å²) in [6.45, 7) is 4.49. The summed E-state index contributed by atoms with van der Waals surface area (Å²) in [6, 6.07) is 6.87. The van der Waals surface area contributed by atoms with Gasteiger partial charge in [0.2, 0.25) is 5.54 Å². The molecule has 2 rings (SSSR count). The number of carbonyl (C=O) groups is 3. The second kappa shape index (κ2) is 7.33. The van der Waals surface area contributed by atoms with Gasteiger partial charge in [-0.1, -0.05) is 23.7 Å². The number of dihydropyridines is 1. The van der Waals surface area contributed by atoms with Crippen molar-refractivity contribution in [1.29, 1.82) is 0 Å². The van der Waals surface area contributed by atoms with Crippen LogP contribution in [0.1, 0.15) is 26.3 Å². The van der Waals surface area contributed by atoms with Crippen LogP contribution in [0.15, 0.2) is 41.1 Å². The van der Waals surface area contributed by atoms with Crippen molar-refractivity contribution in [1.82, 2.24) is 5.32 Å². The molecule has 0 saturated carbocycles. The molecule has 1 aliphatic rings. The van der Waals surface area contributed by atoms with Crippen molar-refractivity contribution in [2.24, 2.45) is 0 Å².